The molecule has 0 fully saturated rings. The zero-order valence-corrected chi connectivity index (χ0v) is 8.20. The van der Waals surface area contributed by atoms with Gasteiger partial charge in [0.15, 0.2) is 0 Å². The highest BCUT2D eigenvalue weighted by molar-refractivity contribution is 5.75. The maximum Gasteiger partial charge on any atom is 0.297 e. The first-order valence-electron chi connectivity index (χ1n) is 4.37. The largest absolute Gasteiger partial charge is 0.497 e. The molecule has 0 atom stereocenters. The second-order valence-corrected chi connectivity index (χ2v) is 2.96. The molecule has 2 heteroatoms. The smallest absolute Gasteiger partial charge is 0.297 e. The molecule has 0 saturated carbocycles. The third-order valence-electron chi connectivity index (χ3n) is 2.18. The fraction of sp³-hybridized carbons (Fsp3) is 0.167. The number of ether oxygens (including phenoxy) is 2. The van der Waals surface area contributed by atoms with Crippen molar-refractivity contribution >= 4 is 11.8 Å². The number of allylic oxidation sites excluding steroid dienone is 2. The minimum Gasteiger partial charge on any atom is -0.497 e. The molecule has 0 aliphatic heterocycles. The Morgan fingerprint density at radius 2 is 2.00 bits per heavy atom. The first-order chi connectivity index (χ1) is 6.85. The summed E-state index contributed by atoms with van der Waals surface area (Å²) in [6.45, 7) is 0. The van der Waals surface area contributed by atoms with Gasteiger partial charge in [-0.05, 0) is 6.07 Å². The van der Waals surface area contributed by atoms with E-state index < -0.39 is 0 Å². The van der Waals surface area contributed by atoms with Crippen molar-refractivity contribution in [2.24, 2.45) is 0 Å². The van der Waals surface area contributed by atoms with Gasteiger partial charge in [0.05, 0.1) is 26.4 Å². The Kier molecular flexibility index (Phi) is 2.21. The van der Waals surface area contributed by atoms with Crippen molar-refractivity contribution < 1.29 is 9.47 Å². The lowest BCUT2D eigenvalue weighted by atomic mass is 10.0. The van der Waals surface area contributed by atoms with Crippen LogP contribution in [-0.4, -0.2) is 14.2 Å². The molecular formula is C12H11O2+. The van der Waals surface area contributed by atoms with Gasteiger partial charge in [-0.2, -0.15) is 0 Å². The molecule has 1 aliphatic carbocycles. The van der Waals surface area contributed by atoms with E-state index in [1.54, 1.807) is 14.2 Å². The van der Waals surface area contributed by atoms with Gasteiger partial charge in [-0.3, -0.25) is 0 Å². The van der Waals surface area contributed by atoms with Gasteiger partial charge in [0, 0.05) is 12.1 Å². The Morgan fingerprint density at radius 1 is 1.14 bits per heavy atom. The molecule has 14 heavy (non-hydrogen) atoms. The zero-order chi connectivity index (χ0) is 9.97. The van der Waals surface area contributed by atoms with Crippen molar-refractivity contribution in [3.63, 3.8) is 0 Å². The number of methoxy groups -OCH3 is 2. The zero-order valence-electron chi connectivity index (χ0n) is 8.20. The minimum absolute atomic E-state index is 0.769. The Bertz CT molecular complexity index is 403. The van der Waals surface area contributed by atoms with E-state index in [9.17, 15) is 0 Å². The Hall–Kier alpha value is -1.79. The maximum absolute atomic E-state index is 5.20. The molecule has 2 rings (SSSR count). The molecule has 0 spiro atoms. The van der Waals surface area contributed by atoms with Crippen LogP contribution in [0.3, 0.4) is 0 Å². The third-order valence-corrected chi connectivity index (χ3v) is 2.18. The molecule has 2 nitrogen and oxygen atoms in total. The summed E-state index contributed by atoms with van der Waals surface area (Å²) in [5.74, 6) is 1.62. The van der Waals surface area contributed by atoms with E-state index in [2.05, 4.69) is 6.08 Å². The van der Waals surface area contributed by atoms with Crippen LogP contribution in [0.15, 0.2) is 24.3 Å². The summed E-state index contributed by atoms with van der Waals surface area (Å²) in [5, 5.41) is 0. The lowest BCUT2D eigenvalue weighted by molar-refractivity contribution is 0.368. The summed E-state index contributed by atoms with van der Waals surface area (Å²) in [6, 6.07) is 5.87. The highest BCUT2D eigenvalue weighted by atomic mass is 16.5. The molecule has 0 N–H and O–H groups in total. The quantitative estimate of drug-likeness (QED) is 0.662. The van der Waals surface area contributed by atoms with E-state index >= 15 is 0 Å². The molecule has 1 aromatic carbocycles. The summed E-state index contributed by atoms with van der Waals surface area (Å²) >= 11 is 0. The van der Waals surface area contributed by atoms with Crippen LogP contribution in [0, 0.1) is 6.08 Å². The molecule has 70 valence electrons. The summed E-state index contributed by atoms with van der Waals surface area (Å²) in [6.07, 6.45) is 6.87. The second-order valence-electron chi connectivity index (χ2n) is 2.96. The van der Waals surface area contributed by atoms with Crippen LogP contribution in [0.4, 0.5) is 0 Å². The highest BCUT2D eigenvalue weighted by Crippen LogP contribution is 2.28. The first-order valence-corrected chi connectivity index (χ1v) is 4.37. The third kappa shape index (κ3) is 1.36. The molecule has 1 aromatic rings. The molecular weight excluding hydrogens is 176 g/mol. The molecule has 0 heterocycles. The van der Waals surface area contributed by atoms with E-state index in [0.717, 1.165) is 22.6 Å². The van der Waals surface area contributed by atoms with Crippen LogP contribution in [-0.2, 0) is 4.74 Å². The lowest BCUT2D eigenvalue weighted by Crippen LogP contribution is -1.95. The summed E-state index contributed by atoms with van der Waals surface area (Å²) in [7, 11) is 3.31. The molecule has 1 aliphatic rings. The summed E-state index contributed by atoms with van der Waals surface area (Å²) < 4.78 is 10.3. The van der Waals surface area contributed by atoms with E-state index in [1.807, 2.05) is 30.4 Å². The Balaban J connectivity index is 2.50. The fourth-order valence-corrected chi connectivity index (χ4v) is 1.47. The normalized spacial score (nSPS) is 12.6. The van der Waals surface area contributed by atoms with Crippen molar-refractivity contribution in [1.29, 1.82) is 0 Å². The van der Waals surface area contributed by atoms with Crippen LogP contribution in [0.2, 0.25) is 0 Å². The standard InChI is InChI=1S/C12H11O2/c1-13-10-6-7-11-9(8-10)4-3-5-12(11)14-2/h3-4,6-8H,1-2H3/q+1. The van der Waals surface area contributed by atoms with Gasteiger partial charge in [-0.15, -0.1) is 0 Å². The molecule has 0 amide bonds. The Labute approximate surface area is 83.5 Å². The van der Waals surface area contributed by atoms with Crippen molar-refractivity contribution in [2.75, 3.05) is 14.2 Å². The lowest BCUT2D eigenvalue weighted by Gasteiger charge is -2.05. The SMILES string of the molecule is COC1=[C+]C=Cc2cc(OC)ccc21. The van der Waals surface area contributed by atoms with Gasteiger partial charge in [0.25, 0.3) is 5.76 Å². The molecule has 0 bridgehead atoms. The number of benzene rings is 1. The maximum atomic E-state index is 5.20. The molecule has 0 aromatic heterocycles. The second kappa shape index (κ2) is 3.52. The predicted octanol–water partition coefficient (Wildman–Crippen LogP) is 2.51. The van der Waals surface area contributed by atoms with Crippen LogP contribution >= 0.6 is 0 Å². The van der Waals surface area contributed by atoms with Crippen LogP contribution < -0.4 is 4.74 Å². The van der Waals surface area contributed by atoms with Gasteiger partial charge >= 0.3 is 0 Å². The average molecular weight is 187 g/mol. The first kappa shape index (κ1) is 8.79. The highest BCUT2D eigenvalue weighted by Gasteiger charge is 2.19. The van der Waals surface area contributed by atoms with Gasteiger partial charge < -0.3 is 9.47 Å². The predicted molar refractivity (Wildman–Crippen MR) is 55.7 cm³/mol. The monoisotopic (exact) mass is 187 g/mol. The molecule has 0 radical (unpaired) electrons. The number of hydrogen-bond donors (Lipinski definition) is 0. The van der Waals surface area contributed by atoms with Crippen molar-refractivity contribution in [3.8, 4) is 5.75 Å². The average Bonchev–Trinajstić information content (AvgIpc) is 2.27. The van der Waals surface area contributed by atoms with Crippen molar-refractivity contribution in [3.05, 3.63) is 41.5 Å². The van der Waals surface area contributed by atoms with Crippen LogP contribution in [0.1, 0.15) is 11.1 Å². The van der Waals surface area contributed by atoms with Crippen molar-refractivity contribution in [2.45, 2.75) is 0 Å². The fourth-order valence-electron chi connectivity index (χ4n) is 1.47. The van der Waals surface area contributed by atoms with Crippen LogP contribution in [0.5, 0.6) is 5.75 Å². The topological polar surface area (TPSA) is 18.5 Å². The van der Waals surface area contributed by atoms with Gasteiger partial charge in [0.2, 0.25) is 0 Å². The minimum atomic E-state index is 0.769. The van der Waals surface area contributed by atoms with E-state index in [-0.39, 0.29) is 0 Å². The number of fused-ring (bicyclic) bond motifs is 1. The molecule has 0 saturated heterocycles. The number of hydrogen-bond acceptors (Lipinski definition) is 2. The van der Waals surface area contributed by atoms with E-state index in [1.165, 1.54) is 0 Å². The van der Waals surface area contributed by atoms with Gasteiger partial charge in [-0.25, -0.2) is 0 Å². The summed E-state index contributed by atoms with van der Waals surface area (Å²) in [5.41, 5.74) is 2.15. The van der Waals surface area contributed by atoms with E-state index in [0.29, 0.717) is 0 Å². The molecule has 0 unspecified atom stereocenters. The number of rotatable bonds is 2. The summed E-state index contributed by atoms with van der Waals surface area (Å²) in [4.78, 5) is 0. The van der Waals surface area contributed by atoms with Gasteiger partial charge in [0.1, 0.15) is 23.0 Å². The van der Waals surface area contributed by atoms with Crippen LogP contribution in [0.25, 0.3) is 11.8 Å². The van der Waals surface area contributed by atoms with Crippen molar-refractivity contribution in [1.82, 2.24) is 0 Å². The van der Waals surface area contributed by atoms with E-state index in [4.69, 9.17) is 9.47 Å². The Morgan fingerprint density at radius 3 is 2.71 bits per heavy atom. The van der Waals surface area contributed by atoms with Gasteiger partial charge in [-0.1, -0.05) is 0 Å².